The Labute approximate surface area is 173 Å². The molecule has 0 amide bonds. The maximum atomic E-state index is 5.77. The van der Waals surface area contributed by atoms with Gasteiger partial charge < -0.3 is 19.7 Å². The molecule has 1 aliphatic rings. The van der Waals surface area contributed by atoms with E-state index in [-0.39, 0.29) is 12.1 Å². The van der Waals surface area contributed by atoms with E-state index in [4.69, 9.17) is 21.7 Å². The van der Waals surface area contributed by atoms with E-state index in [0.29, 0.717) is 5.11 Å². The Balaban J connectivity index is 1.87. The molecule has 0 aliphatic carbocycles. The van der Waals surface area contributed by atoms with Crippen molar-refractivity contribution in [2.75, 3.05) is 19.1 Å². The van der Waals surface area contributed by atoms with E-state index in [1.165, 1.54) is 9.75 Å². The lowest BCUT2D eigenvalue weighted by molar-refractivity contribution is 0.403. The number of hydrogen-bond acceptors (Lipinski definition) is 5. The van der Waals surface area contributed by atoms with Crippen molar-refractivity contribution in [2.24, 2.45) is 0 Å². The maximum absolute atomic E-state index is 5.77. The summed E-state index contributed by atoms with van der Waals surface area (Å²) in [6.45, 7) is 2.11. The summed E-state index contributed by atoms with van der Waals surface area (Å²) < 4.78 is 11.1. The molecule has 7 heteroatoms. The van der Waals surface area contributed by atoms with Crippen molar-refractivity contribution in [1.29, 1.82) is 0 Å². The molecule has 0 bridgehead atoms. The molecule has 3 heterocycles. The average molecular weight is 412 g/mol. The molecular weight excluding hydrogens is 390 g/mol. The van der Waals surface area contributed by atoms with Gasteiger partial charge in [0.2, 0.25) is 0 Å². The minimum absolute atomic E-state index is 0.0397. The fourth-order valence-electron chi connectivity index (χ4n) is 3.50. The molecule has 3 aromatic rings. The second-order valence-corrected chi connectivity index (χ2v) is 8.19. The first-order valence-electron chi connectivity index (χ1n) is 8.91. The van der Waals surface area contributed by atoms with Crippen LogP contribution in [0.5, 0.6) is 11.5 Å². The summed E-state index contributed by atoms with van der Waals surface area (Å²) in [5.74, 6) is 1.49. The van der Waals surface area contributed by atoms with Crippen LogP contribution in [0.15, 0.2) is 54.7 Å². The van der Waals surface area contributed by atoms with Crippen LogP contribution in [0.2, 0.25) is 0 Å². The Morgan fingerprint density at radius 2 is 1.96 bits per heavy atom. The standard InChI is InChI=1S/C21H21N3O2S2/c1-13-7-10-18(28-13)20-19(15-6-4-5-11-22-15)23-21(27)24(20)16-12-14(25-2)8-9-17(16)26-3/h4-12,19-20H,1-3H3,(H,23,27)/t19-,20-/m1/s1. The lowest BCUT2D eigenvalue weighted by Gasteiger charge is -2.28. The number of benzene rings is 1. The summed E-state index contributed by atoms with van der Waals surface area (Å²) in [7, 11) is 3.32. The number of methoxy groups -OCH3 is 2. The number of aromatic nitrogens is 1. The van der Waals surface area contributed by atoms with Gasteiger partial charge in [-0.25, -0.2) is 0 Å². The first-order valence-corrected chi connectivity index (χ1v) is 10.1. The lowest BCUT2D eigenvalue weighted by Crippen LogP contribution is -2.29. The minimum Gasteiger partial charge on any atom is -0.497 e. The lowest BCUT2D eigenvalue weighted by atomic mass is 10.0. The van der Waals surface area contributed by atoms with Gasteiger partial charge in [0.1, 0.15) is 11.5 Å². The summed E-state index contributed by atoms with van der Waals surface area (Å²) in [6.07, 6.45) is 1.81. The van der Waals surface area contributed by atoms with Gasteiger partial charge in [0, 0.05) is 22.0 Å². The second kappa shape index (κ2) is 7.77. The molecule has 0 radical (unpaired) electrons. The molecule has 1 saturated heterocycles. The molecule has 5 nitrogen and oxygen atoms in total. The van der Waals surface area contributed by atoms with Gasteiger partial charge in [0.15, 0.2) is 5.11 Å². The van der Waals surface area contributed by atoms with E-state index in [9.17, 15) is 0 Å². The number of pyridine rings is 1. The third-order valence-corrected chi connectivity index (χ3v) is 6.18. The Bertz CT molecular complexity index is 990. The van der Waals surface area contributed by atoms with Crippen molar-refractivity contribution in [3.05, 3.63) is 70.2 Å². The van der Waals surface area contributed by atoms with Crippen LogP contribution in [0.25, 0.3) is 0 Å². The molecule has 28 heavy (non-hydrogen) atoms. The molecule has 0 spiro atoms. The number of thiocarbonyl (C=S) groups is 1. The Kier molecular flexibility index (Phi) is 5.19. The molecule has 2 atom stereocenters. The number of nitrogens with zero attached hydrogens (tertiary/aromatic N) is 2. The largest absolute Gasteiger partial charge is 0.497 e. The number of rotatable bonds is 5. The van der Waals surface area contributed by atoms with Crippen molar-refractivity contribution in [3.8, 4) is 11.5 Å². The zero-order chi connectivity index (χ0) is 19.7. The van der Waals surface area contributed by atoms with Crippen molar-refractivity contribution < 1.29 is 9.47 Å². The van der Waals surface area contributed by atoms with Crippen LogP contribution < -0.4 is 19.7 Å². The summed E-state index contributed by atoms with van der Waals surface area (Å²) in [4.78, 5) is 9.16. The van der Waals surface area contributed by atoms with Crippen molar-refractivity contribution in [2.45, 2.75) is 19.0 Å². The van der Waals surface area contributed by atoms with Gasteiger partial charge in [-0.1, -0.05) is 6.07 Å². The molecule has 1 aromatic carbocycles. The SMILES string of the molecule is COc1ccc(OC)c(N2C(=S)N[C@H](c3ccccn3)[C@H]2c2ccc(C)s2)c1. The van der Waals surface area contributed by atoms with E-state index in [0.717, 1.165) is 22.9 Å². The molecule has 144 valence electrons. The number of ether oxygens (including phenoxy) is 2. The highest BCUT2D eigenvalue weighted by Gasteiger charge is 2.42. The monoisotopic (exact) mass is 411 g/mol. The number of nitrogens with one attached hydrogen (secondary N) is 1. The topological polar surface area (TPSA) is 46.6 Å². The number of thiophene rings is 1. The summed E-state index contributed by atoms with van der Waals surface area (Å²) in [6, 6.07) is 15.9. The molecule has 1 N–H and O–H groups in total. The highest BCUT2D eigenvalue weighted by Crippen LogP contribution is 2.46. The highest BCUT2D eigenvalue weighted by molar-refractivity contribution is 7.80. The van der Waals surface area contributed by atoms with Crippen LogP contribution in [0.4, 0.5) is 5.69 Å². The molecule has 1 aliphatic heterocycles. The van der Waals surface area contributed by atoms with Crippen LogP contribution in [-0.4, -0.2) is 24.3 Å². The van der Waals surface area contributed by atoms with Crippen LogP contribution in [0.3, 0.4) is 0 Å². The van der Waals surface area contributed by atoms with E-state index < -0.39 is 0 Å². The normalized spacial score (nSPS) is 18.8. The summed E-state index contributed by atoms with van der Waals surface area (Å²) in [5.41, 5.74) is 1.82. The van der Waals surface area contributed by atoms with Crippen LogP contribution in [0.1, 0.15) is 27.5 Å². The van der Waals surface area contributed by atoms with Crippen LogP contribution >= 0.6 is 23.6 Å². The molecular formula is C21H21N3O2S2. The van der Waals surface area contributed by atoms with E-state index in [2.05, 4.69) is 34.3 Å². The zero-order valence-electron chi connectivity index (χ0n) is 15.9. The first kappa shape index (κ1) is 18.7. The summed E-state index contributed by atoms with van der Waals surface area (Å²) in [5, 5.41) is 4.11. The van der Waals surface area contributed by atoms with Gasteiger partial charge in [-0.15, -0.1) is 11.3 Å². The van der Waals surface area contributed by atoms with Gasteiger partial charge in [-0.3, -0.25) is 4.98 Å². The predicted molar refractivity (Wildman–Crippen MR) is 117 cm³/mol. The predicted octanol–water partition coefficient (Wildman–Crippen LogP) is 4.65. The molecule has 1 fully saturated rings. The zero-order valence-corrected chi connectivity index (χ0v) is 17.5. The number of anilines is 1. The molecule has 0 saturated carbocycles. The Morgan fingerprint density at radius 1 is 1.11 bits per heavy atom. The summed E-state index contributed by atoms with van der Waals surface area (Å²) >= 11 is 7.53. The second-order valence-electron chi connectivity index (χ2n) is 6.48. The highest BCUT2D eigenvalue weighted by atomic mass is 32.1. The van der Waals surface area contributed by atoms with Crippen LogP contribution in [0, 0.1) is 6.92 Å². The van der Waals surface area contributed by atoms with E-state index >= 15 is 0 Å². The molecule has 2 aromatic heterocycles. The van der Waals surface area contributed by atoms with Gasteiger partial charge in [-0.05, 0) is 55.5 Å². The average Bonchev–Trinajstić information content (AvgIpc) is 3.30. The molecule has 0 unspecified atom stereocenters. The van der Waals surface area contributed by atoms with Gasteiger partial charge in [-0.2, -0.15) is 0 Å². The third kappa shape index (κ3) is 3.31. The number of hydrogen-bond donors (Lipinski definition) is 1. The fraction of sp³-hybridized carbons (Fsp3) is 0.238. The van der Waals surface area contributed by atoms with E-state index in [1.807, 2.05) is 42.6 Å². The molecule has 4 rings (SSSR count). The van der Waals surface area contributed by atoms with Crippen molar-refractivity contribution in [1.82, 2.24) is 10.3 Å². The quantitative estimate of drug-likeness (QED) is 0.617. The maximum Gasteiger partial charge on any atom is 0.174 e. The van der Waals surface area contributed by atoms with Crippen LogP contribution in [-0.2, 0) is 0 Å². The van der Waals surface area contributed by atoms with Gasteiger partial charge in [0.05, 0.1) is 37.7 Å². The van der Waals surface area contributed by atoms with Gasteiger partial charge in [0.25, 0.3) is 0 Å². The number of aryl methyl sites for hydroxylation is 1. The van der Waals surface area contributed by atoms with E-state index in [1.54, 1.807) is 25.6 Å². The Morgan fingerprint density at radius 3 is 2.61 bits per heavy atom. The first-order chi connectivity index (χ1) is 13.6. The van der Waals surface area contributed by atoms with Gasteiger partial charge >= 0.3 is 0 Å². The third-order valence-electron chi connectivity index (χ3n) is 4.80. The fourth-order valence-corrected chi connectivity index (χ4v) is 4.85. The van der Waals surface area contributed by atoms with Crippen molar-refractivity contribution in [3.63, 3.8) is 0 Å². The Hall–Kier alpha value is -2.64. The smallest absolute Gasteiger partial charge is 0.174 e. The van der Waals surface area contributed by atoms with Crippen molar-refractivity contribution >= 4 is 34.4 Å². The minimum atomic E-state index is -0.0670.